The van der Waals surface area contributed by atoms with Crippen molar-refractivity contribution >= 4 is 33.5 Å². The first-order valence-corrected chi connectivity index (χ1v) is 14.3. The Balaban J connectivity index is 1.69. The van der Waals surface area contributed by atoms with E-state index in [1.54, 1.807) is 48.5 Å². The van der Waals surface area contributed by atoms with Crippen molar-refractivity contribution in [2.45, 2.75) is 49.6 Å². The Morgan fingerprint density at radius 3 is 2.27 bits per heavy atom. The van der Waals surface area contributed by atoms with Gasteiger partial charge in [-0.25, -0.2) is 17.5 Å². The van der Waals surface area contributed by atoms with Crippen LogP contribution in [0.25, 0.3) is 0 Å². The summed E-state index contributed by atoms with van der Waals surface area (Å²) in [6.45, 7) is 3.79. The number of esters is 1. The van der Waals surface area contributed by atoms with Crippen molar-refractivity contribution in [2.24, 2.45) is 0 Å². The van der Waals surface area contributed by atoms with E-state index >= 15 is 0 Å². The summed E-state index contributed by atoms with van der Waals surface area (Å²) in [6, 6.07) is 15.2. The van der Waals surface area contributed by atoms with Crippen LogP contribution >= 0.6 is 0 Å². The lowest BCUT2D eigenvalue weighted by Crippen LogP contribution is -2.62. The Morgan fingerprint density at radius 1 is 1.05 bits per heavy atom. The molecular formula is C29H32N4O6S. The van der Waals surface area contributed by atoms with Gasteiger partial charge in [0.2, 0.25) is 0 Å². The first-order chi connectivity index (χ1) is 19.1. The third kappa shape index (κ3) is 6.05. The van der Waals surface area contributed by atoms with E-state index in [9.17, 15) is 22.8 Å². The predicted octanol–water partition coefficient (Wildman–Crippen LogP) is 3.09. The molecule has 0 saturated carbocycles. The molecule has 40 heavy (non-hydrogen) atoms. The smallest absolute Gasteiger partial charge is 0.333 e. The van der Waals surface area contributed by atoms with Gasteiger partial charge in [0.25, 0.3) is 21.8 Å². The molecule has 1 saturated heterocycles. The molecule has 0 unspecified atom stereocenters. The van der Waals surface area contributed by atoms with Crippen molar-refractivity contribution in [2.75, 3.05) is 19.0 Å². The summed E-state index contributed by atoms with van der Waals surface area (Å²) in [6.07, 6.45) is 4.04. The van der Waals surface area contributed by atoms with E-state index in [0.717, 1.165) is 12.7 Å². The summed E-state index contributed by atoms with van der Waals surface area (Å²) < 4.78 is 33.8. The molecule has 1 aliphatic heterocycles. The van der Waals surface area contributed by atoms with Gasteiger partial charge in [0.15, 0.2) is 5.54 Å². The molecule has 1 aromatic heterocycles. The molecule has 210 valence electrons. The van der Waals surface area contributed by atoms with Crippen LogP contribution in [0.1, 0.15) is 41.3 Å². The first-order valence-electron chi connectivity index (χ1n) is 12.8. The van der Waals surface area contributed by atoms with Gasteiger partial charge >= 0.3 is 5.97 Å². The number of aromatic nitrogens is 1. The second-order valence-electron chi connectivity index (χ2n) is 9.90. The van der Waals surface area contributed by atoms with Crippen molar-refractivity contribution in [3.63, 3.8) is 0 Å². The summed E-state index contributed by atoms with van der Waals surface area (Å²) >= 11 is 0. The van der Waals surface area contributed by atoms with Gasteiger partial charge in [0.05, 0.1) is 18.0 Å². The zero-order valence-corrected chi connectivity index (χ0v) is 23.4. The van der Waals surface area contributed by atoms with E-state index in [0.29, 0.717) is 40.5 Å². The number of methoxy groups -OCH3 is 1. The topological polar surface area (TPSA) is 135 Å². The first kappa shape index (κ1) is 28.9. The molecule has 2 atom stereocenters. The van der Waals surface area contributed by atoms with Crippen molar-refractivity contribution in [1.29, 1.82) is 0 Å². The number of hydrogen-bond donors (Lipinski definition) is 2. The monoisotopic (exact) mass is 564 g/mol. The van der Waals surface area contributed by atoms with Crippen molar-refractivity contribution < 1.29 is 27.5 Å². The lowest BCUT2D eigenvalue weighted by atomic mass is 9.92. The van der Waals surface area contributed by atoms with Crippen molar-refractivity contribution in [3.05, 3.63) is 89.7 Å². The molecule has 0 aliphatic carbocycles. The second-order valence-corrected chi connectivity index (χ2v) is 11.7. The number of carbonyl (C=O) groups excluding carboxylic acids is 3. The van der Waals surface area contributed by atoms with Gasteiger partial charge in [0, 0.05) is 30.1 Å². The molecule has 1 fully saturated rings. The average molecular weight is 565 g/mol. The highest BCUT2D eigenvalue weighted by Gasteiger charge is 2.52. The normalized spacial score (nSPS) is 16.5. The van der Waals surface area contributed by atoms with Crippen LogP contribution in [0.4, 0.5) is 5.69 Å². The molecule has 2 N–H and O–H groups in total. The fraction of sp³-hybridized carbons (Fsp3) is 0.310. The van der Waals surface area contributed by atoms with E-state index in [-0.39, 0.29) is 17.2 Å². The second kappa shape index (κ2) is 12.0. The Labute approximate surface area is 233 Å². The highest BCUT2D eigenvalue weighted by Crippen LogP contribution is 2.32. The molecule has 2 heterocycles. The average Bonchev–Trinajstić information content (AvgIpc) is 3.49. The molecular weight excluding hydrogens is 532 g/mol. The molecule has 3 aromatic rings. The molecule has 11 heteroatoms. The Morgan fingerprint density at radius 2 is 1.70 bits per heavy atom. The van der Waals surface area contributed by atoms with Crippen LogP contribution in [0.15, 0.2) is 78.0 Å². The van der Waals surface area contributed by atoms with Crippen molar-refractivity contribution in [3.8, 4) is 0 Å². The van der Waals surface area contributed by atoms with Crippen molar-refractivity contribution in [1.82, 2.24) is 14.6 Å². The van der Waals surface area contributed by atoms with Crippen LogP contribution < -0.4 is 10.6 Å². The third-order valence-corrected chi connectivity index (χ3v) is 8.83. The number of pyridine rings is 1. The number of nitrogens with zero attached hydrogens (tertiary/aromatic N) is 2. The number of rotatable bonds is 9. The van der Waals surface area contributed by atoms with Crippen LogP contribution in [0.2, 0.25) is 0 Å². The maximum absolute atomic E-state index is 14.0. The van der Waals surface area contributed by atoms with E-state index in [1.807, 2.05) is 6.92 Å². The zero-order valence-electron chi connectivity index (χ0n) is 22.6. The van der Waals surface area contributed by atoms with Gasteiger partial charge < -0.3 is 15.4 Å². The highest BCUT2D eigenvalue weighted by molar-refractivity contribution is 7.89. The minimum Gasteiger partial charge on any atom is -0.467 e. The van der Waals surface area contributed by atoms with E-state index in [4.69, 9.17) is 4.74 Å². The maximum atomic E-state index is 14.0. The lowest BCUT2D eigenvalue weighted by Gasteiger charge is -2.39. The molecule has 2 aromatic carbocycles. The highest BCUT2D eigenvalue weighted by atomic mass is 32.2. The summed E-state index contributed by atoms with van der Waals surface area (Å²) in [5, 5.41) is 5.83. The zero-order chi connectivity index (χ0) is 28.9. The summed E-state index contributed by atoms with van der Waals surface area (Å²) in [5.41, 5.74) is 0.447. The number of aryl methyl sites for hydroxylation is 1. The van der Waals surface area contributed by atoms with Gasteiger partial charge in [-0.2, -0.15) is 0 Å². The van der Waals surface area contributed by atoms with Gasteiger partial charge in [0.1, 0.15) is 0 Å². The minimum atomic E-state index is -4.46. The molecule has 0 radical (unpaired) electrons. The Bertz CT molecular complexity index is 1470. The Hall–Kier alpha value is -4.09. The summed E-state index contributed by atoms with van der Waals surface area (Å²) in [7, 11) is -3.30. The predicted molar refractivity (Wildman–Crippen MR) is 149 cm³/mol. The molecule has 0 spiro atoms. The van der Waals surface area contributed by atoms with Crippen LogP contribution in [0, 0.1) is 6.92 Å². The maximum Gasteiger partial charge on any atom is 0.333 e. The SMILES string of the molecule is COC(=O)[C@](C)(Cc1ccc(NC(=O)c2ccncc2)cc1)N(C(=O)[C@@H]1CCCN1)S(=O)(=O)c1ccc(C)cc1. The van der Waals surface area contributed by atoms with Crippen LogP contribution in [-0.2, 0) is 30.8 Å². The number of nitrogens with one attached hydrogen (secondary N) is 2. The number of anilines is 1. The molecule has 0 bridgehead atoms. The van der Waals surface area contributed by atoms with Crippen LogP contribution in [0.3, 0.4) is 0 Å². The van der Waals surface area contributed by atoms with Gasteiger partial charge in [-0.15, -0.1) is 0 Å². The number of sulfonamides is 1. The molecule has 2 amide bonds. The number of ether oxygens (including phenoxy) is 1. The molecule has 1 aliphatic rings. The number of carbonyl (C=O) groups is 3. The minimum absolute atomic E-state index is 0.103. The van der Waals surface area contributed by atoms with E-state index in [1.165, 1.54) is 31.5 Å². The van der Waals surface area contributed by atoms with Gasteiger partial charge in [-0.3, -0.25) is 14.6 Å². The van der Waals surface area contributed by atoms with Crippen LogP contribution in [0.5, 0.6) is 0 Å². The summed E-state index contributed by atoms with van der Waals surface area (Å²) in [5.74, 6) is -1.91. The van der Waals surface area contributed by atoms with E-state index < -0.39 is 33.5 Å². The Kier molecular flexibility index (Phi) is 8.65. The number of amides is 2. The lowest BCUT2D eigenvalue weighted by molar-refractivity contribution is -0.156. The fourth-order valence-corrected chi connectivity index (χ4v) is 6.46. The summed E-state index contributed by atoms with van der Waals surface area (Å²) in [4.78, 5) is 43.5. The van der Waals surface area contributed by atoms with Gasteiger partial charge in [-0.1, -0.05) is 29.8 Å². The fourth-order valence-electron chi connectivity index (χ4n) is 4.74. The standard InChI is InChI=1S/C29H32N4O6S/c1-20-6-12-24(13-7-20)40(37,38)33(27(35)25-5-4-16-31-25)29(2,28(36)39-3)19-21-8-10-23(11-9-21)32-26(34)22-14-17-30-18-15-22/h6-15,17-18,25,31H,4-5,16,19H2,1-3H3,(H,32,34)/t25-,29-/m0/s1. The molecule has 4 rings (SSSR count). The van der Waals surface area contributed by atoms with E-state index in [2.05, 4.69) is 15.6 Å². The molecule has 10 nitrogen and oxygen atoms in total. The number of hydrogen-bond acceptors (Lipinski definition) is 8. The number of benzene rings is 2. The quantitative estimate of drug-likeness (QED) is 0.379. The van der Waals surface area contributed by atoms with Crippen LogP contribution in [-0.4, -0.2) is 60.7 Å². The third-order valence-electron chi connectivity index (χ3n) is 6.89. The largest absolute Gasteiger partial charge is 0.467 e. The van der Waals surface area contributed by atoms with Gasteiger partial charge in [-0.05, 0) is 75.2 Å².